The van der Waals surface area contributed by atoms with Gasteiger partial charge in [0, 0.05) is 5.92 Å². The molecule has 2 fully saturated rings. The number of carbonyl (C=O) groups excluding carboxylic acids is 1. The second kappa shape index (κ2) is 6.03. The number of halogens is 1. The number of rotatable bonds is 4. The van der Waals surface area contributed by atoms with Crippen molar-refractivity contribution in [3.8, 4) is 5.75 Å². The third-order valence-corrected chi connectivity index (χ3v) is 5.80. The highest BCUT2D eigenvalue weighted by Crippen LogP contribution is 2.66. The van der Waals surface area contributed by atoms with Crippen LogP contribution in [0.3, 0.4) is 0 Å². The molecule has 3 atom stereocenters. The topological polar surface area (TPSA) is 50.7 Å². The van der Waals surface area contributed by atoms with E-state index in [1.54, 1.807) is 13.3 Å². The summed E-state index contributed by atoms with van der Waals surface area (Å²) in [5.74, 6) is 1.55. The highest BCUT2D eigenvalue weighted by molar-refractivity contribution is 9.10. The smallest absolute Gasteiger partial charge is 0.244 e. The lowest BCUT2D eigenvalue weighted by molar-refractivity contribution is -0.123. The van der Waals surface area contributed by atoms with E-state index in [9.17, 15) is 4.79 Å². The molecule has 0 bridgehead atoms. The maximum Gasteiger partial charge on any atom is 0.244 e. The minimum atomic E-state index is 0.0678. The molecule has 0 unspecified atom stereocenters. The first-order valence-electron chi connectivity index (χ1n) is 7.73. The zero-order valence-electron chi connectivity index (χ0n) is 12.9. The molecule has 0 heterocycles. The van der Waals surface area contributed by atoms with Crippen LogP contribution in [0, 0.1) is 17.3 Å². The van der Waals surface area contributed by atoms with Crippen LogP contribution in [-0.4, -0.2) is 19.2 Å². The van der Waals surface area contributed by atoms with Gasteiger partial charge in [-0.1, -0.05) is 19.8 Å². The molecule has 4 nitrogen and oxygen atoms in total. The van der Waals surface area contributed by atoms with Crippen LogP contribution in [-0.2, 0) is 4.79 Å². The predicted octanol–water partition coefficient (Wildman–Crippen LogP) is 3.73. The minimum Gasteiger partial charge on any atom is -0.496 e. The number of nitrogens with one attached hydrogen (secondary N) is 1. The molecule has 0 spiro atoms. The van der Waals surface area contributed by atoms with E-state index in [0.717, 1.165) is 15.8 Å². The SMILES string of the molecule is COc1ccc(/C=N\NC(=O)[C@@H]2[C@H]3CCCC[C@@]32C)cc1Br. The largest absolute Gasteiger partial charge is 0.496 e. The van der Waals surface area contributed by atoms with Crippen LogP contribution in [0.4, 0.5) is 0 Å². The Morgan fingerprint density at radius 1 is 1.50 bits per heavy atom. The number of hydrogen-bond donors (Lipinski definition) is 1. The Balaban J connectivity index is 1.58. The fourth-order valence-electron chi connectivity index (χ4n) is 3.85. The van der Waals surface area contributed by atoms with Gasteiger partial charge in [-0.05, 0) is 63.9 Å². The summed E-state index contributed by atoms with van der Waals surface area (Å²) >= 11 is 3.44. The van der Waals surface area contributed by atoms with Gasteiger partial charge in [0.1, 0.15) is 5.75 Å². The third kappa shape index (κ3) is 2.78. The molecule has 2 aliphatic rings. The molecule has 0 saturated heterocycles. The quantitative estimate of drug-likeness (QED) is 0.653. The normalized spacial score (nSPS) is 30.0. The van der Waals surface area contributed by atoms with E-state index in [1.165, 1.54) is 25.7 Å². The molecule has 2 aliphatic carbocycles. The summed E-state index contributed by atoms with van der Waals surface area (Å²) in [5.41, 5.74) is 3.84. The number of amides is 1. The molecule has 5 heteroatoms. The van der Waals surface area contributed by atoms with Crippen LogP contribution >= 0.6 is 15.9 Å². The van der Waals surface area contributed by atoms with Gasteiger partial charge in [0.2, 0.25) is 5.91 Å². The minimum absolute atomic E-state index is 0.0678. The number of carbonyl (C=O) groups is 1. The third-order valence-electron chi connectivity index (χ3n) is 5.18. The van der Waals surface area contributed by atoms with Crippen LogP contribution in [0.1, 0.15) is 38.2 Å². The highest BCUT2D eigenvalue weighted by atomic mass is 79.9. The van der Waals surface area contributed by atoms with Crippen molar-refractivity contribution < 1.29 is 9.53 Å². The van der Waals surface area contributed by atoms with Gasteiger partial charge in [0.25, 0.3) is 0 Å². The number of nitrogens with zero attached hydrogens (tertiary/aromatic N) is 1. The second-order valence-corrected chi connectivity index (χ2v) is 7.32. The van der Waals surface area contributed by atoms with Crippen LogP contribution in [0.2, 0.25) is 0 Å². The average Bonchev–Trinajstić information content (AvgIpc) is 3.13. The van der Waals surface area contributed by atoms with Gasteiger partial charge < -0.3 is 4.74 Å². The van der Waals surface area contributed by atoms with Crippen molar-refractivity contribution >= 4 is 28.1 Å². The van der Waals surface area contributed by atoms with Crippen molar-refractivity contribution in [1.29, 1.82) is 0 Å². The molecule has 1 aromatic rings. The Kier molecular flexibility index (Phi) is 4.26. The lowest BCUT2D eigenvalue weighted by atomic mass is 9.90. The fourth-order valence-corrected chi connectivity index (χ4v) is 4.41. The number of methoxy groups -OCH3 is 1. The maximum atomic E-state index is 12.3. The molecule has 3 rings (SSSR count). The zero-order chi connectivity index (χ0) is 15.7. The van der Waals surface area contributed by atoms with Gasteiger partial charge in [-0.3, -0.25) is 4.79 Å². The van der Waals surface area contributed by atoms with Crippen LogP contribution in [0.25, 0.3) is 0 Å². The Bertz CT molecular complexity index is 617. The van der Waals surface area contributed by atoms with Gasteiger partial charge in [0.15, 0.2) is 0 Å². The lowest BCUT2D eigenvalue weighted by Gasteiger charge is -2.15. The van der Waals surface area contributed by atoms with Gasteiger partial charge in [-0.2, -0.15) is 5.10 Å². The van der Waals surface area contributed by atoms with E-state index in [2.05, 4.69) is 33.4 Å². The van der Waals surface area contributed by atoms with Gasteiger partial charge >= 0.3 is 0 Å². The van der Waals surface area contributed by atoms with Gasteiger partial charge in [0.05, 0.1) is 17.8 Å². The molecule has 0 aliphatic heterocycles. The summed E-state index contributed by atoms with van der Waals surface area (Å²) in [4.78, 5) is 12.3. The standard InChI is InChI=1S/C17H21BrN2O2/c1-17-8-4-3-5-12(17)15(17)16(21)20-19-10-11-6-7-14(22-2)13(18)9-11/h6-7,9-10,12,15H,3-5,8H2,1-2H3,(H,20,21)/b19-10-/t12-,15+,17+/m1/s1. The molecule has 2 saturated carbocycles. The van der Waals surface area contributed by atoms with Gasteiger partial charge in [-0.15, -0.1) is 0 Å². The Morgan fingerprint density at radius 2 is 2.32 bits per heavy atom. The first-order valence-corrected chi connectivity index (χ1v) is 8.52. The Morgan fingerprint density at radius 3 is 2.95 bits per heavy atom. The Hall–Kier alpha value is -1.36. The monoisotopic (exact) mass is 364 g/mol. The van der Waals surface area contributed by atoms with E-state index in [1.807, 2.05) is 18.2 Å². The summed E-state index contributed by atoms with van der Waals surface area (Å²) in [6.07, 6.45) is 6.53. The molecule has 0 aromatic heterocycles. The zero-order valence-corrected chi connectivity index (χ0v) is 14.5. The summed E-state index contributed by atoms with van der Waals surface area (Å²) in [7, 11) is 1.63. The number of hydrogen-bond acceptors (Lipinski definition) is 3. The molecule has 1 N–H and O–H groups in total. The molecular weight excluding hydrogens is 344 g/mol. The van der Waals surface area contributed by atoms with Crippen molar-refractivity contribution in [3.05, 3.63) is 28.2 Å². The molecule has 118 valence electrons. The van der Waals surface area contributed by atoms with Gasteiger partial charge in [-0.25, -0.2) is 5.43 Å². The summed E-state index contributed by atoms with van der Waals surface area (Å²) in [5, 5.41) is 4.10. The van der Waals surface area contributed by atoms with Crippen molar-refractivity contribution in [2.24, 2.45) is 22.4 Å². The first-order chi connectivity index (χ1) is 10.6. The number of benzene rings is 1. The van der Waals surface area contributed by atoms with Crippen molar-refractivity contribution in [2.45, 2.75) is 32.6 Å². The number of fused-ring (bicyclic) bond motifs is 1. The van der Waals surface area contributed by atoms with Crippen LogP contribution in [0.5, 0.6) is 5.75 Å². The van der Waals surface area contributed by atoms with E-state index >= 15 is 0 Å². The van der Waals surface area contributed by atoms with Crippen molar-refractivity contribution in [2.75, 3.05) is 7.11 Å². The highest BCUT2D eigenvalue weighted by Gasteiger charge is 2.64. The molecule has 1 aromatic carbocycles. The second-order valence-electron chi connectivity index (χ2n) is 6.46. The van der Waals surface area contributed by atoms with E-state index < -0.39 is 0 Å². The van der Waals surface area contributed by atoms with Crippen LogP contribution < -0.4 is 10.2 Å². The number of hydrazone groups is 1. The average molecular weight is 365 g/mol. The van der Waals surface area contributed by atoms with Crippen molar-refractivity contribution in [1.82, 2.24) is 5.43 Å². The molecule has 0 radical (unpaired) electrons. The van der Waals surface area contributed by atoms with Crippen LogP contribution in [0.15, 0.2) is 27.8 Å². The maximum absolute atomic E-state index is 12.3. The summed E-state index contributed by atoms with van der Waals surface area (Å²) in [6, 6.07) is 5.67. The predicted molar refractivity (Wildman–Crippen MR) is 90.0 cm³/mol. The van der Waals surface area contributed by atoms with E-state index in [0.29, 0.717) is 5.92 Å². The molecular formula is C17H21BrN2O2. The summed E-state index contributed by atoms with van der Waals surface area (Å²) in [6.45, 7) is 2.24. The fraction of sp³-hybridized carbons (Fsp3) is 0.529. The molecule has 1 amide bonds. The lowest BCUT2D eigenvalue weighted by Crippen LogP contribution is -2.22. The van der Waals surface area contributed by atoms with Crippen molar-refractivity contribution in [3.63, 3.8) is 0 Å². The van der Waals surface area contributed by atoms with E-state index in [-0.39, 0.29) is 17.2 Å². The number of ether oxygens (including phenoxy) is 1. The van der Waals surface area contributed by atoms with E-state index in [4.69, 9.17) is 4.74 Å². The summed E-state index contributed by atoms with van der Waals surface area (Å²) < 4.78 is 6.05. The first kappa shape index (κ1) is 15.5. The molecule has 22 heavy (non-hydrogen) atoms. The Labute approximate surface area is 139 Å².